The van der Waals surface area contributed by atoms with Gasteiger partial charge in [0.15, 0.2) is 0 Å². The number of hydrogen-bond donors (Lipinski definition) is 2. The van der Waals surface area contributed by atoms with Crippen LogP contribution in [-0.2, 0) is 12.0 Å². The predicted octanol–water partition coefficient (Wildman–Crippen LogP) is 3.02. The average molecular weight is 441 g/mol. The molecule has 9 nitrogen and oxygen atoms in total. The number of aryl methyl sites for hydroxylation is 1. The van der Waals surface area contributed by atoms with Gasteiger partial charge in [-0.15, -0.1) is 0 Å². The van der Waals surface area contributed by atoms with Gasteiger partial charge in [-0.25, -0.2) is 14.5 Å². The van der Waals surface area contributed by atoms with Gasteiger partial charge in [0.1, 0.15) is 11.6 Å². The molecule has 4 aromatic rings. The molecule has 1 aliphatic rings. The molecule has 2 N–H and O–H groups in total. The first kappa shape index (κ1) is 19.8. The zero-order chi connectivity index (χ0) is 21.9. The number of carbonyl (C=O) groups excluding carboxylic acids is 1. The van der Waals surface area contributed by atoms with E-state index < -0.39 is 11.6 Å². The number of aromatic amines is 1. The van der Waals surface area contributed by atoms with Crippen LogP contribution in [0.4, 0.5) is 0 Å². The van der Waals surface area contributed by atoms with Crippen molar-refractivity contribution in [3.05, 3.63) is 70.2 Å². The highest BCUT2D eigenvalue weighted by Crippen LogP contribution is 2.36. The molecule has 0 spiro atoms. The lowest BCUT2D eigenvalue weighted by Crippen LogP contribution is -2.41. The van der Waals surface area contributed by atoms with Crippen molar-refractivity contribution in [2.24, 2.45) is 0 Å². The third-order valence-corrected chi connectivity index (χ3v) is 5.77. The molecule has 0 aromatic carbocycles. The summed E-state index contributed by atoms with van der Waals surface area (Å²) in [6.07, 6.45) is 4.05. The summed E-state index contributed by atoms with van der Waals surface area (Å²) in [5.41, 5.74) is 2.22. The second kappa shape index (κ2) is 6.93. The fourth-order valence-electron chi connectivity index (χ4n) is 3.92. The van der Waals surface area contributed by atoms with Crippen molar-refractivity contribution in [1.82, 2.24) is 29.5 Å². The average Bonchev–Trinajstić information content (AvgIpc) is 3.44. The number of oxazole rings is 1. The van der Waals surface area contributed by atoms with Crippen molar-refractivity contribution >= 4 is 23.0 Å². The van der Waals surface area contributed by atoms with E-state index >= 15 is 0 Å². The van der Waals surface area contributed by atoms with E-state index in [0.717, 1.165) is 16.9 Å². The summed E-state index contributed by atoms with van der Waals surface area (Å²) in [5, 5.41) is 15.5. The Labute approximate surface area is 182 Å². The summed E-state index contributed by atoms with van der Waals surface area (Å²) in [5.74, 6) is -0.132. The Hall–Kier alpha value is -3.17. The number of amides is 1. The molecule has 1 atom stereocenters. The van der Waals surface area contributed by atoms with Crippen molar-refractivity contribution in [2.75, 3.05) is 6.54 Å². The number of H-pyrrole nitrogens is 1. The SMILES string of the molecule is Cc1nc(C(C)(C)O)oc1C(=O)N1CCc2[nH]cnc2C1c1cc2c(Cl)cccn2n1. The minimum absolute atomic E-state index is 0.0990. The Morgan fingerprint density at radius 3 is 2.94 bits per heavy atom. The smallest absolute Gasteiger partial charge is 0.292 e. The van der Waals surface area contributed by atoms with Crippen molar-refractivity contribution < 1.29 is 14.3 Å². The van der Waals surface area contributed by atoms with Crippen LogP contribution in [0.15, 0.2) is 35.1 Å². The van der Waals surface area contributed by atoms with Crippen molar-refractivity contribution in [3.63, 3.8) is 0 Å². The Balaban J connectivity index is 1.61. The van der Waals surface area contributed by atoms with E-state index in [1.807, 2.05) is 12.1 Å². The number of hydrogen-bond acceptors (Lipinski definition) is 6. The highest BCUT2D eigenvalue weighted by atomic mass is 35.5. The van der Waals surface area contributed by atoms with E-state index in [0.29, 0.717) is 29.4 Å². The van der Waals surface area contributed by atoms with Gasteiger partial charge in [0.25, 0.3) is 5.91 Å². The van der Waals surface area contributed by atoms with E-state index in [1.54, 1.807) is 48.8 Å². The summed E-state index contributed by atoms with van der Waals surface area (Å²) < 4.78 is 7.39. The number of halogens is 1. The monoisotopic (exact) mass is 440 g/mol. The first-order chi connectivity index (χ1) is 14.7. The molecule has 1 aliphatic heterocycles. The molecule has 5 heterocycles. The van der Waals surface area contributed by atoms with Crippen LogP contribution < -0.4 is 0 Å². The summed E-state index contributed by atoms with van der Waals surface area (Å²) in [7, 11) is 0. The number of nitrogens with one attached hydrogen (secondary N) is 1. The minimum atomic E-state index is -1.29. The topological polar surface area (TPSA) is 113 Å². The largest absolute Gasteiger partial charge is 0.432 e. The van der Waals surface area contributed by atoms with Gasteiger partial charge < -0.3 is 19.4 Å². The van der Waals surface area contributed by atoms with Gasteiger partial charge in [0, 0.05) is 24.9 Å². The maximum Gasteiger partial charge on any atom is 0.292 e. The Morgan fingerprint density at radius 2 is 2.23 bits per heavy atom. The number of fused-ring (bicyclic) bond motifs is 2. The molecule has 4 aromatic heterocycles. The molecule has 10 heteroatoms. The Kier molecular flexibility index (Phi) is 4.42. The van der Waals surface area contributed by atoms with E-state index in [9.17, 15) is 9.90 Å². The van der Waals surface area contributed by atoms with Crippen LogP contribution >= 0.6 is 11.6 Å². The molecule has 0 fully saturated rings. The second-order valence-electron chi connectivity index (χ2n) is 8.17. The van der Waals surface area contributed by atoms with Gasteiger partial charge >= 0.3 is 0 Å². The lowest BCUT2D eigenvalue weighted by Gasteiger charge is -2.33. The number of aliphatic hydroxyl groups is 1. The maximum absolute atomic E-state index is 13.6. The van der Waals surface area contributed by atoms with Gasteiger partial charge in [-0.1, -0.05) is 11.6 Å². The van der Waals surface area contributed by atoms with Crippen LogP contribution in [0.25, 0.3) is 5.52 Å². The quantitative estimate of drug-likeness (QED) is 0.506. The highest BCUT2D eigenvalue weighted by Gasteiger charge is 2.39. The van der Waals surface area contributed by atoms with Gasteiger partial charge in [-0.05, 0) is 39.0 Å². The summed E-state index contributed by atoms with van der Waals surface area (Å²) in [4.78, 5) is 27.1. The number of rotatable bonds is 3. The van der Waals surface area contributed by atoms with Crippen molar-refractivity contribution in [3.8, 4) is 0 Å². The molecule has 0 radical (unpaired) electrons. The molecule has 1 amide bonds. The summed E-state index contributed by atoms with van der Waals surface area (Å²) in [6.45, 7) is 5.26. The van der Waals surface area contributed by atoms with Gasteiger partial charge in [0.2, 0.25) is 11.7 Å². The van der Waals surface area contributed by atoms with Crippen LogP contribution in [0.3, 0.4) is 0 Å². The second-order valence-corrected chi connectivity index (χ2v) is 8.57. The van der Waals surface area contributed by atoms with E-state index in [1.165, 1.54) is 0 Å². The lowest BCUT2D eigenvalue weighted by molar-refractivity contribution is 0.0440. The molecule has 1 unspecified atom stereocenters. The minimum Gasteiger partial charge on any atom is -0.432 e. The number of nitrogens with zero attached hydrogens (tertiary/aromatic N) is 5. The highest BCUT2D eigenvalue weighted by molar-refractivity contribution is 6.33. The predicted molar refractivity (Wildman–Crippen MR) is 112 cm³/mol. The normalized spacial score (nSPS) is 16.7. The summed E-state index contributed by atoms with van der Waals surface area (Å²) >= 11 is 6.34. The Bertz CT molecular complexity index is 1300. The van der Waals surface area contributed by atoms with E-state index in [-0.39, 0.29) is 17.6 Å². The molecule has 31 heavy (non-hydrogen) atoms. The maximum atomic E-state index is 13.6. The number of pyridine rings is 1. The zero-order valence-corrected chi connectivity index (χ0v) is 18.0. The van der Waals surface area contributed by atoms with Crippen LogP contribution in [0.1, 0.15) is 59.1 Å². The van der Waals surface area contributed by atoms with Crippen LogP contribution in [-0.4, -0.2) is 47.0 Å². The molecule has 160 valence electrons. The first-order valence-corrected chi connectivity index (χ1v) is 10.3. The number of imidazole rings is 1. The van der Waals surface area contributed by atoms with Crippen LogP contribution in [0.2, 0.25) is 5.02 Å². The standard InChI is InChI=1S/C21H21ClN6O3/c1-11-18(31-20(25-11)21(2,3)30)19(29)27-8-6-13-16(24-10-23-13)17(27)14-9-15-12(22)5-4-7-28(15)26-14/h4-5,7,9-10,17,30H,6,8H2,1-3H3,(H,23,24). The molecule has 0 bridgehead atoms. The fraction of sp³-hybridized carbons (Fsp3) is 0.333. The number of aromatic nitrogens is 5. The van der Waals surface area contributed by atoms with Crippen molar-refractivity contribution in [1.29, 1.82) is 0 Å². The molecule has 0 saturated carbocycles. The van der Waals surface area contributed by atoms with Crippen molar-refractivity contribution in [2.45, 2.75) is 38.8 Å². The van der Waals surface area contributed by atoms with E-state index in [4.69, 9.17) is 16.0 Å². The van der Waals surface area contributed by atoms with E-state index in [2.05, 4.69) is 20.1 Å². The van der Waals surface area contributed by atoms with Gasteiger partial charge in [0.05, 0.1) is 33.9 Å². The number of carbonyl (C=O) groups is 1. The zero-order valence-electron chi connectivity index (χ0n) is 17.3. The van der Waals surface area contributed by atoms with Gasteiger partial charge in [-0.2, -0.15) is 5.10 Å². The van der Waals surface area contributed by atoms with Crippen LogP contribution in [0, 0.1) is 6.92 Å². The molecule has 0 saturated heterocycles. The molecular weight excluding hydrogens is 420 g/mol. The first-order valence-electron chi connectivity index (χ1n) is 9.91. The van der Waals surface area contributed by atoms with Crippen LogP contribution in [0.5, 0.6) is 0 Å². The molecule has 0 aliphatic carbocycles. The summed E-state index contributed by atoms with van der Waals surface area (Å²) in [6, 6.07) is 4.95. The third-order valence-electron chi connectivity index (χ3n) is 5.45. The van der Waals surface area contributed by atoms with Gasteiger partial charge in [-0.3, -0.25) is 4.79 Å². The molecule has 5 rings (SSSR count). The third kappa shape index (κ3) is 3.21. The molecular formula is C21H21ClN6O3. The lowest BCUT2D eigenvalue weighted by atomic mass is 9.99. The fourth-order valence-corrected chi connectivity index (χ4v) is 4.13. The Morgan fingerprint density at radius 1 is 1.42 bits per heavy atom.